The number of benzene rings is 1. The lowest BCUT2D eigenvalue weighted by molar-refractivity contribution is -0.123. The number of rotatable bonds is 7. The first kappa shape index (κ1) is 16.5. The number of nitrogens with one attached hydrogen (secondary N) is 1. The van der Waals surface area contributed by atoms with Crippen LogP contribution in [0.4, 0.5) is 0 Å². The molecule has 0 bridgehead atoms. The predicted octanol–water partition coefficient (Wildman–Crippen LogP) is 4.32. The summed E-state index contributed by atoms with van der Waals surface area (Å²) in [5.74, 6) is 0.110. The molecule has 0 unspecified atom stereocenters. The summed E-state index contributed by atoms with van der Waals surface area (Å²) < 4.78 is 0. The van der Waals surface area contributed by atoms with Gasteiger partial charge in [0.1, 0.15) is 0 Å². The van der Waals surface area contributed by atoms with E-state index in [0.29, 0.717) is 13.0 Å². The van der Waals surface area contributed by atoms with Gasteiger partial charge >= 0.3 is 0 Å². The van der Waals surface area contributed by atoms with Crippen molar-refractivity contribution in [1.29, 1.82) is 0 Å². The Hall–Kier alpha value is -1.57. The van der Waals surface area contributed by atoms with E-state index in [1.54, 1.807) is 0 Å². The standard InChI is InChI=1S/C18H27NO/c1-6-17(2,3)14-18(4,5)12-16(20)19-13-15-10-8-7-9-11-15/h6-11H,1,12-14H2,2-5H3,(H,19,20). The maximum atomic E-state index is 12.1. The molecule has 2 nitrogen and oxygen atoms in total. The molecule has 0 atom stereocenters. The summed E-state index contributed by atoms with van der Waals surface area (Å²) in [4.78, 5) is 12.1. The van der Waals surface area contributed by atoms with Crippen LogP contribution in [0.15, 0.2) is 43.0 Å². The minimum Gasteiger partial charge on any atom is -0.352 e. The number of amides is 1. The number of carbonyl (C=O) groups is 1. The summed E-state index contributed by atoms with van der Waals surface area (Å²) in [7, 11) is 0. The quantitative estimate of drug-likeness (QED) is 0.736. The summed E-state index contributed by atoms with van der Waals surface area (Å²) in [6.07, 6.45) is 3.45. The third kappa shape index (κ3) is 6.05. The molecule has 1 aromatic rings. The molecular formula is C18H27NO. The van der Waals surface area contributed by atoms with Gasteiger partial charge in [-0.3, -0.25) is 4.79 Å². The highest BCUT2D eigenvalue weighted by Crippen LogP contribution is 2.36. The van der Waals surface area contributed by atoms with Gasteiger partial charge in [0.2, 0.25) is 5.91 Å². The fraction of sp³-hybridized carbons (Fsp3) is 0.500. The Labute approximate surface area is 123 Å². The van der Waals surface area contributed by atoms with Crippen LogP contribution in [0.2, 0.25) is 0 Å². The molecule has 1 aromatic carbocycles. The van der Waals surface area contributed by atoms with Gasteiger partial charge in [0, 0.05) is 13.0 Å². The van der Waals surface area contributed by atoms with Crippen molar-refractivity contribution >= 4 is 5.91 Å². The van der Waals surface area contributed by atoms with E-state index >= 15 is 0 Å². The summed E-state index contributed by atoms with van der Waals surface area (Å²) in [5, 5.41) is 2.99. The van der Waals surface area contributed by atoms with E-state index in [2.05, 4.69) is 39.6 Å². The molecular weight excluding hydrogens is 246 g/mol. The Morgan fingerprint density at radius 3 is 2.35 bits per heavy atom. The molecule has 2 heteroatoms. The van der Waals surface area contributed by atoms with E-state index < -0.39 is 0 Å². The van der Waals surface area contributed by atoms with Gasteiger partial charge < -0.3 is 5.32 Å². The molecule has 0 fully saturated rings. The van der Waals surface area contributed by atoms with Gasteiger partial charge in [0.25, 0.3) is 0 Å². The monoisotopic (exact) mass is 273 g/mol. The largest absolute Gasteiger partial charge is 0.352 e. The van der Waals surface area contributed by atoms with Crippen molar-refractivity contribution in [1.82, 2.24) is 5.32 Å². The van der Waals surface area contributed by atoms with Crippen molar-refractivity contribution in [3.05, 3.63) is 48.6 Å². The SMILES string of the molecule is C=CC(C)(C)CC(C)(C)CC(=O)NCc1ccccc1. The highest BCUT2D eigenvalue weighted by Gasteiger charge is 2.28. The summed E-state index contributed by atoms with van der Waals surface area (Å²) in [6.45, 7) is 13.1. The minimum absolute atomic E-state index is 0.0293. The van der Waals surface area contributed by atoms with Gasteiger partial charge in [-0.05, 0) is 22.8 Å². The Morgan fingerprint density at radius 2 is 1.80 bits per heavy atom. The molecule has 0 spiro atoms. The zero-order valence-electron chi connectivity index (χ0n) is 13.2. The second-order valence-electron chi connectivity index (χ2n) is 6.97. The molecule has 0 saturated heterocycles. The van der Waals surface area contributed by atoms with E-state index in [4.69, 9.17) is 0 Å². The molecule has 0 aliphatic rings. The smallest absolute Gasteiger partial charge is 0.220 e. The Balaban J connectivity index is 2.47. The van der Waals surface area contributed by atoms with Gasteiger partial charge in [-0.1, -0.05) is 64.1 Å². The van der Waals surface area contributed by atoms with Crippen LogP contribution in [-0.2, 0) is 11.3 Å². The first-order valence-corrected chi connectivity index (χ1v) is 7.18. The number of hydrogen-bond donors (Lipinski definition) is 1. The average Bonchev–Trinajstić information content (AvgIpc) is 2.36. The molecule has 0 aliphatic heterocycles. The van der Waals surface area contributed by atoms with Crippen LogP contribution < -0.4 is 5.32 Å². The second kappa shape index (κ2) is 6.74. The maximum absolute atomic E-state index is 12.1. The third-order valence-electron chi connectivity index (χ3n) is 3.46. The van der Waals surface area contributed by atoms with Gasteiger partial charge in [0.05, 0.1) is 0 Å². The fourth-order valence-corrected chi connectivity index (χ4v) is 2.66. The predicted molar refractivity (Wildman–Crippen MR) is 85.3 cm³/mol. The van der Waals surface area contributed by atoms with Crippen LogP contribution in [-0.4, -0.2) is 5.91 Å². The van der Waals surface area contributed by atoms with E-state index in [-0.39, 0.29) is 16.7 Å². The number of allylic oxidation sites excluding steroid dienone is 1. The topological polar surface area (TPSA) is 29.1 Å². The molecule has 1 amide bonds. The number of carbonyl (C=O) groups excluding carboxylic acids is 1. The Kier molecular flexibility index (Phi) is 5.55. The lowest BCUT2D eigenvalue weighted by Gasteiger charge is -2.32. The van der Waals surface area contributed by atoms with Gasteiger partial charge in [-0.2, -0.15) is 0 Å². The fourth-order valence-electron chi connectivity index (χ4n) is 2.66. The lowest BCUT2D eigenvalue weighted by Crippen LogP contribution is -2.31. The first-order chi connectivity index (χ1) is 9.24. The maximum Gasteiger partial charge on any atom is 0.220 e. The van der Waals surface area contributed by atoms with E-state index in [0.717, 1.165) is 12.0 Å². The van der Waals surface area contributed by atoms with Crippen molar-refractivity contribution < 1.29 is 4.79 Å². The van der Waals surface area contributed by atoms with Crippen molar-refractivity contribution in [2.75, 3.05) is 0 Å². The summed E-state index contributed by atoms with van der Waals surface area (Å²) >= 11 is 0. The third-order valence-corrected chi connectivity index (χ3v) is 3.46. The molecule has 0 aromatic heterocycles. The van der Waals surface area contributed by atoms with E-state index in [1.807, 2.05) is 36.4 Å². The van der Waals surface area contributed by atoms with Crippen LogP contribution >= 0.6 is 0 Å². The number of hydrogen-bond acceptors (Lipinski definition) is 1. The van der Waals surface area contributed by atoms with Crippen LogP contribution in [0, 0.1) is 10.8 Å². The zero-order valence-corrected chi connectivity index (χ0v) is 13.2. The zero-order chi connectivity index (χ0) is 15.2. The van der Waals surface area contributed by atoms with Gasteiger partial charge in [0.15, 0.2) is 0 Å². The second-order valence-corrected chi connectivity index (χ2v) is 6.97. The molecule has 1 rings (SSSR count). The minimum atomic E-state index is -0.0293. The Morgan fingerprint density at radius 1 is 1.20 bits per heavy atom. The molecule has 110 valence electrons. The Bertz CT molecular complexity index is 446. The van der Waals surface area contributed by atoms with Crippen molar-refractivity contribution in [2.24, 2.45) is 10.8 Å². The highest BCUT2D eigenvalue weighted by molar-refractivity contribution is 5.76. The van der Waals surface area contributed by atoms with Crippen LogP contribution in [0.3, 0.4) is 0 Å². The van der Waals surface area contributed by atoms with E-state index in [9.17, 15) is 4.79 Å². The van der Waals surface area contributed by atoms with Crippen LogP contribution in [0.25, 0.3) is 0 Å². The molecule has 20 heavy (non-hydrogen) atoms. The highest BCUT2D eigenvalue weighted by atomic mass is 16.1. The molecule has 0 heterocycles. The molecule has 0 saturated carbocycles. The molecule has 0 aliphatic carbocycles. The lowest BCUT2D eigenvalue weighted by atomic mass is 9.73. The first-order valence-electron chi connectivity index (χ1n) is 7.18. The average molecular weight is 273 g/mol. The van der Waals surface area contributed by atoms with Crippen molar-refractivity contribution in [2.45, 2.75) is 47.1 Å². The normalized spacial score (nSPS) is 12.0. The van der Waals surface area contributed by atoms with Gasteiger partial charge in [-0.15, -0.1) is 6.58 Å². The van der Waals surface area contributed by atoms with Crippen molar-refractivity contribution in [3.8, 4) is 0 Å². The molecule has 1 N–H and O–H groups in total. The molecule has 0 radical (unpaired) electrons. The summed E-state index contributed by atoms with van der Waals surface area (Å²) in [6, 6.07) is 9.99. The van der Waals surface area contributed by atoms with E-state index in [1.165, 1.54) is 0 Å². The van der Waals surface area contributed by atoms with Crippen LogP contribution in [0.1, 0.15) is 46.1 Å². The van der Waals surface area contributed by atoms with Crippen LogP contribution in [0.5, 0.6) is 0 Å². The van der Waals surface area contributed by atoms with Gasteiger partial charge in [-0.25, -0.2) is 0 Å². The van der Waals surface area contributed by atoms with Crippen molar-refractivity contribution in [3.63, 3.8) is 0 Å². The summed E-state index contributed by atoms with van der Waals surface area (Å²) in [5.41, 5.74) is 1.16.